The number of aliphatic hydroxyl groups is 3. The minimum atomic E-state index is -5.08. The van der Waals surface area contributed by atoms with Gasteiger partial charge in [-0.3, -0.25) is 62.5 Å². The topological polar surface area (TPSA) is 589 Å². The summed E-state index contributed by atoms with van der Waals surface area (Å²) in [6.45, 7) is 19.6. The van der Waals surface area contributed by atoms with Crippen LogP contribution in [0.25, 0.3) is 0 Å². The van der Waals surface area contributed by atoms with E-state index in [1.807, 2.05) is 20.8 Å². The number of nitrogens with two attached hydrogens (primary N) is 4. The third kappa shape index (κ3) is 36.7. The van der Waals surface area contributed by atoms with Gasteiger partial charge in [-0.05, 0) is 73.2 Å². The molecular weight excluding hydrogens is 1410 g/mol. The minimum Gasteiger partial charge on any atom is -0.475 e. The summed E-state index contributed by atoms with van der Waals surface area (Å²) < 4.78 is 63.5. The number of nitrogens with zero attached hydrogens (tertiary/aromatic N) is 1. The number of alkyl halides is 6. The Morgan fingerprint density at radius 3 is 1.52 bits per heavy atom. The molecule has 2 rings (SSSR count). The number of guanidine groups is 1. The third-order valence-electron chi connectivity index (χ3n) is 15.1. The molecule has 12 amide bonds. The Bertz CT molecular complexity index is 3120. The van der Waals surface area contributed by atoms with E-state index in [0.717, 1.165) is 6.92 Å². The highest BCUT2D eigenvalue weighted by atomic mass is 19.4. The van der Waals surface area contributed by atoms with Crippen LogP contribution in [0.5, 0.6) is 0 Å². The summed E-state index contributed by atoms with van der Waals surface area (Å²) in [7, 11) is 0. The van der Waals surface area contributed by atoms with Crippen LogP contribution in [0, 0.1) is 28.6 Å². The van der Waals surface area contributed by atoms with Gasteiger partial charge in [0.2, 0.25) is 70.9 Å². The van der Waals surface area contributed by atoms with E-state index in [-0.39, 0.29) is 62.5 Å². The number of benzene rings is 1. The second-order valence-corrected chi connectivity index (χ2v) is 28.0. The van der Waals surface area contributed by atoms with Crippen LogP contribution in [-0.4, -0.2) is 219 Å². The van der Waals surface area contributed by atoms with Crippen LogP contribution >= 0.6 is 0 Å². The number of rotatable bonds is 21. The Balaban J connectivity index is 0.00000696. The van der Waals surface area contributed by atoms with Crippen molar-refractivity contribution >= 4 is 88.8 Å². The van der Waals surface area contributed by atoms with Crippen LogP contribution in [0.15, 0.2) is 35.3 Å². The van der Waals surface area contributed by atoms with Crippen molar-refractivity contribution in [1.29, 1.82) is 0 Å². The highest BCUT2D eigenvalue weighted by Gasteiger charge is 2.44. The second kappa shape index (κ2) is 43.7. The summed E-state index contributed by atoms with van der Waals surface area (Å²) in [6.07, 6.45) is -14.3. The van der Waals surface area contributed by atoms with Gasteiger partial charge in [0.15, 0.2) is 5.96 Å². The number of hydrogen-bond donors (Lipinski definition) is 20. The van der Waals surface area contributed by atoms with Crippen LogP contribution in [-0.2, 0) is 67.1 Å². The van der Waals surface area contributed by atoms with E-state index >= 15 is 4.79 Å². The first-order valence-corrected chi connectivity index (χ1v) is 33.1. The first kappa shape index (κ1) is 95.5. The molecule has 1 fully saturated rings. The number of aliphatic imine (C=N–C) groups is 1. The number of carboxylic acid groups (broad SMARTS) is 2. The van der Waals surface area contributed by atoms with Gasteiger partial charge in [-0.25, -0.2) is 9.59 Å². The molecule has 1 heterocycles. The molecular formula is C64H104F6N16O19. The molecule has 105 heavy (non-hydrogen) atoms. The summed E-state index contributed by atoms with van der Waals surface area (Å²) in [5, 5.41) is 75.1. The van der Waals surface area contributed by atoms with Crippen LogP contribution in [0.4, 0.5) is 26.3 Å². The van der Waals surface area contributed by atoms with Crippen molar-refractivity contribution in [2.75, 3.05) is 19.7 Å². The summed E-state index contributed by atoms with van der Waals surface area (Å²) in [4.78, 5) is 192. The van der Waals surface area contributed by atoms with E-state index in [1.54, 1.807) is 54.5 Å². The molecule has 1 aromatic rings. The summed E-state index contributed by atoms with van der Waals surface area (Å²) in [5.41, 5.74) is 21.9. The van der Waals surface area contributed by atoms with Crippen molar-refractivity contribution in [3.05, 3.63) is 35.9 Å². The molecule has 35 nitrogen and oxygen atoms in total. The van der Waals surface area contributed by atoms with Gasteiger partial charge in [-0.1, -0.05) is 120 Å². The number of carbonyl (C=O) groups is 14. The lowest BCUT2D eigenvalue weighted by Crippen LogP contribution is -2.65. The number of aliphatic hydroxyl groups excluding tert-OH is 3. The van der Waals surface area contributed by atoms with Crippen LogP contribution in [0.3, 0.4) is 0 Å². The Hall–Kier alpha value is -9.51. The van der Waals surface area contributed by atoms with Gasteiger partial charge < -0.3 is 107 Å². The molecule has 1 aliphatic rings. The number of carboxylic acids is 2. The molecule has 596 valence electrons. The van der Waals surface area contributed by atoms with Crippen molar-refractivity contribution in [2.24, 2.45) is 56.5 Å². The van der Waals surface area contributed by atoms with Gasteiger partial charge in [0.25, 0.3) is 0 Å². The highest BCUT2D eigenvalue weighted by molar-refractivity contribution is 6.00. The Kier molecular flexibility index (Phi) is 39.7. The molecule has 41 heteroatoms. The van der Waals surface area contributed by atoms with E-state index in [0.29, 0.717) is 0 Å². The monoisotopic (exact) mass is 1510 g/mol. The molecule has 1 saturated heterocycles. The number of amides is 12. The fraction of sp³-hybridized carbons (Fsp3) is 0.672. The molecule has 0 aromatic heterocycles. The number of primary amides is 1. The maximum atomic E-state index is 15.5. The Labute approximate surface area is 602 Å². The lowest BCUT2D eigenvalue weighted by Gasteiger charge is -2.35. The van der Waals surface area contributed by atoms with Crippen molar-refractivity contribution in [3.8, 4) is 0 Å². The first-order chi connectivity index (χ1) is 48.1. The molecule has 0 aliphatic carbocycles. The van der Waals surface area contributed by atoms with E-state index in [2.05, 4.69) is 63.5 Å². The Morgan fingerprint density at radius 2 is 1.07 bits per heavy atom. The highest BCUT2D eigenvalue weighted by Crippen LogP contribution is 2.25. The van der Waals surface area contributed by atoms with Crippen LogP contribution < -0.4 is 81.4 Å². The number of nitrogens with one attached hydrogen (secondary N) is 11. The summed E-state index contributed by atoms with van der Waals surface area (Å²) in [5.74, 6) is -20.6. The SMILES string of the molecule is CC[C@H](C)[C@@H]1NC(=O)[C@@H](CCCN=C(N)N)NC(=O)[C@H](CC(C)C)NC(=O)[C@H]([C@H](O)C(C)C)NC(=O)[C@@H](NC(=O)[C@H](CC(C)(C)C)NC(=O)[C@H](N)CC(C)(C)C)[C@@H](c2ccccc2)NC(=O)[C@H](CO)NC(=O)[C@H](CC(N)=O)NC(=O)CNC(=O)[C@H]([C@H](C)O)NC1=O.O=C(O)C(F)(F)F.O=C(O)C(F)(F)F. The quantitative estimate of drug-likeness (QED) is 0.0256. The molecule has 0 bridgehead atoms. The lowest BCUT2D eigenvalue weighted by atomic mass is 9.86. The van der Waals surface area contributed by atoms with Gasteiger partial charge in [-0.2, -0.15) is 26.3 Å². The summed E-state index contributed by atoms with van der Waals surface area (Å²) >= 11 is 0. The zero-order valence-corrected chi connectivity index (χ0v) is 60.7. The van der Waals surface area contributed by atoms with Crippen molar-refractivity contribution < 1.29 is 119 Å². The van der Waals surface area contributed by atoms with Crippen molar-refractivity contribution in [1.82, 2.24) is 58.5 Å². The number of halogens is 6. The van der Waals surface area contributed by atoms with Gasteiger partial charge in [-0.15, -0.1) is 0 Å². The van der Waals surface area contributed by atoms with Gasteiger partial charge in [0.1, 0.15) is 54.4 Å². The maximum Gasteiger partial charge on any atom is 0.490 e. The Morgan fingerprint density at radius 1 is 0.600 bits per heavy atom. The minimum absolute atomic E-state index is 0.0319. The average Bonchev–Trinajstić information content (AvgIpc) is 0.808. The average molecular weight is 1520 g/mol. The predicted octanol–water partition coefficient (Wildman–Crippen LogP) is -2.79. The molecule has 0 spiro atoms. The van der Waals surface area contributed by atoms with Crippen molar-refractivity contribution in [3.63, 3.8) is 0 Å². The lowest BCUT2D eigenvalue weighted by molar-refractivity contribution is -0.193. The normalized spacial score (nSPS) is 22.7. The summed E-state index contributed by atoms with van der Waals surface area (Å²) in [6, 6.07) is -11.1. The predicted molar refractivity (Wildman–Crippen MR) is 363 cm³/mol. The number of carbonyl (C=O) groups excluding carboxylic acids is 12. The molecule has 1 aliphatic heterocycles. The zero-order valence-electron chi connectivity index (χ0n) is 60.7. The van der Waals surface area contributed by atoms with Gasteiger partial charge >= 0.3 is 24.3 Å². The van der Waals surface area contributed by atoms with Gasteiger partial charge in [0.05, 0.1) is 43.9 Å². The first-order valence-electron chi connectivity index (χ1n) is 33.1. The molecule has 0 radical (unpaired) electrons. The molecule has 24 N–H and O–H groups in total. The second-order valence-electron chi connectivity index (χ2n) is 28.0. The maximum absolute atomic E-state index is 15.5. The molecule has 1 aromatic carbocycles. The molecule has 0 unspecified atom stereocenters. The van der Waals surface area contributed by atoms with E-state index in [1.165, 1.54) is 38.1 Å². The third-order valence-corrected chi connectivity index (χ3v) is 15.1. The molecule has 14 atom stereocenters. The smallest absolute Gasteiger partial charge is 0.475 e. The molecule has 0 saturated carbocycles. The van der Waals surface area contributed by atoms with Crippen LogP contribution in [0.2, 0.25) is 0 Å². The fourth-order valence-corrected chi connectivity index (χ4v) is 9.63. The van der Waals surface area contributed by atoms with Crippen molar-refractivity contribution in [2.45, 2.75) is 226 Å². The van der Waals surface area contributed by atoms with E-state index < -0.39 is 216 Å². The fourth-order valence-electron chi connectivity index (χ4n) is 9.63. The number of aliphatic carboxylic acids is 2. The largest absolute Gasteiger partial charge is 0.490 e. The standard InChI is InChI=1S/C60H102N16O15.2C2HF3O2/c1-14-31(6)42-55(89)73-43(32(7)78)54(88)66-27-41(80)67-37(24-40(62)79)51(85)71-39(28-77)53(87)74-44(33-19-16-15-17-20-33)45(75-52(86)38(26-60(11,12)13)70-48(82)34(61)25-59(8,9)10)56(90)76-46(47(81)30(4)5)57(91)69-36(23-29(2)3)50(84)68-35(49(83)72-42)21-18-22-65-58(63)64;2*3-2(4,5)1(6)7/h15-17,19-20,29-32,34-39,42-47,77-78,81H,14,18,21-28,61H2,1-13H3,(H2,62,79)(H,66,88)(H,67,80)(H,68,84)(H,69,91)(H,70,82)(H,71,85)(H,72,83)(H,73,89)(H,74,87)(H,75,86)(H,76,90)(H4,63,64,65);2*(H,6,7)/t31-,32-,34+,35+,36-,37-,38-,39-,42-,43-,44+,45-,46-,47+;;/m0../s1. The van der Waals surface area contributed by atoms with Gasteiger partial charge in [0, 0.05) is 6.54 Å². The van der Waals surface area contributed by atoms with E-state index in [9.17, 15) is 94.4 Å². The zero-order chi connectivity index (χ0) is 81.6. The van der Waals surface area contributed by atoms with Crippen LogP contribution in [0.1, 0.15) is 147 Å². The number of hydrogen-bond acceptors (Lipinski definition) is 19. The van der Waals surface area contributed by atoms with E-state index in [4.69, 9.17) is 42.7 Å².